The van der Waals surface area contributed by atoms with E-state index in [9.17, 15) is 25.1 Å². The van der Waals surface area contributed by atoms with Crippen molar-refractivity contribution in [2.75, 3.05) is 19.8 Å². The van der Waals surface area contributed by atoms with Crippen molar-refractivity contribution >= 4 is 44.8 Å². The number of benzene rings is 6. The normalized spacial score (nSPS) is 15.2. The zero-order chi connectivity index (χ0) is 45.7. The maximum atomic E-state index is 11.3. The first-order valence-corrected chi connectivity index (χ1v) is 21.4. The largest absolute Gasteiger partial charge is 0.485 e. The molecule has 3 unspecified atom stereocenters. The Morgan fingerprint density at radius 3 is 1.67 bits per heavy atom. The number of carbonyl (C=O) groups is 1. The van der Waals surface area contributed by atoms with Gasteiger partial charge in [0.2, 0.25) is 0 Å². The van der Waals surface area contributed by atoms with Crippen molar-refractivity contribution in [2.45, 2.75) is 44.9 Å². The highest BCUT2D eigenvalue weighted by atomic mass is 16.6. The van der Waals surface area contributed by atoms with Crippen molar-refractivity contribution in [1.82, 2.24) is 28.7 Å². The average molecular weight is 888 g/mol. The minimum Gasteiger partial charge on any atom is -0.485 e. The minimum absolute atomic E-state index is 0.0136. The molecule has 0 saturated heterocycles. The minimum atomic E-state index is -0.978. The number of aliphatic hydroxyl groups excluding tert-OH is 3. The standard InChI is InChI=1S/C18H16N2O3.C16H15N3O4.C16H14N2O2/c1-12(21)22-11-13-10-20-16-8-4-3-7-15(16)19-18(20)14-6-2-5-9-17(14)23-13;20-10-11(21)9-18-15-8-4-2-6-13(15)17-16(18)12-5-1-3-7-14(12)19(22)23;19-10-11-9-18-14-7-3-2-6-13(14)17-16(18)12-5-1-4-8-15(12)20-11/h2-9,13H,10-11H2,1H3;1-8,11,20-21H,9-10H2;1-8,11,19H,9-10H2. The highest BCUT2D eigenvalue weighted by molar-refractivity contribution is 5.84. The molecule has 0 amide bonds. The van der Waals surface area contributed by atoms with Crippen molar-refractivity contribution < 1.29 is 39.2 Å². The fraction of sp³-hybridized carbons (Fsp3) is 0.200. The molecule has 16 heteroatoms. The smallest absolute Gasteiger partial charge is 0.302 e. The monoisotopic (exact) mass is 887 g/mol. The zero-order valence-corrected chi connectivity index (χ0v) is 35.8. The second-order valence-electron chi connectivity index (χ2n) is 15.7. The molecule has 0 radical (unpaired) electrons. The number of aromatic nitrogens is 6. The molecule has 0 fully saturated rings. The summed E-state index contributed by atoms with van der Waals surface area (Å²) in [6.07, 6.45) is -1.48. The molecule has 0 bridgehead atoms. The van der Waals surface area contributed by atoms with E-state index in [0.29, 0.717) is 30.0 Å². The van der Waals surface area contributed by atoms with Gasteiger partial charge in [0, 0.05) is 13.0 Å². The highest BCUT2D eigenvalue weighted by Crippen LogP contribution is 2.37. The number of aliphatic hydroxyl groups is 3. The lowest BCUT2D eigenvalue weighted by molar-refractivity contribution is -0.384. The predicted octanol–water partition coefficient (Wildman–Crippen LogP) is 7.45. The number of esters is 1. The van der Waals surface area contributed by atoms with Gasteiger partial charge < -0.3 is 43.2 Å². The molecule has 0 spiro atoms. The van der Waals surface area contributed by atoms with Gasteiger partial charge in [-0.2, -0.15) is 0 Å². The molecule has 334 valence electrons. The number of para-hydroxylation sites is 9. The number of nitro groups is 1. The molecule has 0 saturated carbocycles. The SMILES string of the molecule is CC(=O)OCC1Cn2c(nc3ccccc32)-c2ccccc2O1.O=[N+]([O-])c1ccccc1-c1nc2ccccc2n1CC(O)CO.OCC1Cn2c(nc3ccccc32)-c2ccccc2O1. The zero-order valence-electron chi connectivity index (χ0n) is 35.8. The summed E-state index contributed by atoms with van der Waals surface area (Å²) >= 11 is 0. The van der Waals surface area contributed by atoms with Gasteiger partial charge in [0.25, 0.3) is 5.69 Å². The van der Waals surface area contributed by atoms with Crippen LogP contribution in [-0.2, 0) is 29.2 Å². The van der Waals surface area contributed by atoms with Crippen LogP contribution in [0.4, 0.5) is 5.69 Å². The summed E-state index contributed by atoms with van der Waals surface area (Å²) in [4.78, 5) is 35.9. The third-order valence-corrected chi connectivity index (χ3v) is 11.2. The van der Waals surface area contributed by atoms with Crippen LogP contribution in [-0.4, -0.2) is 93.0 Å². The molecule has 5 heterocycles. The van der Waals surface area contributed by atoms with Crippen molar-refractivity contribution in [2.24, 2.45) is 0 Å². The first-order valence-electron chi connectivity index (χ1n) is 21.4. The Bertz CT molecular complexity index is 3200. The summed E-state index contributed by atoms with van der Waals surface area (Å²) in [7, 11) is 0. The van der Waals surface area contributed by atoms with Crippen LogP contribution in [0.25, 0.3) is 67.3 Å². The van der Waals surface area contributed by atoms with Crippen LogP contribution in [0, 0.1) is 10.1 Å². The molecular formula is C50H45N7O9. The first-order chi connectivity index (χ1) is 32.2. The van der Waals surface area contributed by atoms with Gasteiger partial charge >= 0.3 is 5.97 Å². The number of ether oxygens (including phenoxy) is 3. The summed E-state index contributed by atoms with van der Waals surface area (Å²) in [5.41, 5.74) is 7.70. The molecule has 6 aromatic carbocycles. The number of nitro benzene ring substituents is 1. The van der Waals surface area contributed by atoms with Gasteiger partial charge in [-0.05, 0) is 66.7 Å². The van der Waals surface area contributed by atoms with Gasteiger partial charge in [0.1, 0.15) is 41.7 Å². The second kappa shape index (κ2) is 19.0. The summed E-state index contributed by atoms with van der Waals surface area (Å²) in [5, 5.41) is 39.7. The number of imidazole rings is 3. The Morgan fingerprint density at radius 1 is 0.667 bits per heavy atom. The van der Waals surface area contributed by atoms with E-state index < -0.39 is 17.6 Å². The fourth-order valence-electron chi connectivity index (χ4n) is 8.23. The maximum Gasteiger partial charge on any atom is 0.302 e. The Kier molecular flexibility index (Phi) is 12.5. The van der Waals surface area contributed by atoms with E-state index in [1.165, 1.54) is 13.0 Å². The third-order valence-electron chi connectivity index (χ3n) is 11.2. The number of carbonyl (C=O) groups excluding carboxylic acids is 1. The average Bonchev–Trinajstić information content (AvgIpc) is 3.95. The van der Waals surface area contributed by atoms with E-state index in [1.807, 2.05) is 115 Å². The quantitative estimate of drug-likeness (QED) is 0.0774. The van der Waals surface area contributed by atoms with E-state index in [-0.39, 0.29) is 43.6 Å². The van der Waals surface area contributed by atoms with Crippen LogP contribution < -0.4 is 9.47 Å². The number of hydrogen-bond donors (Lipinski definition) is 3. The molecule has 66 heavy (non-hydrogen) atoms. The Morgan fingerprint density at radius 2 is 1.12 bits per heavy atom. The Labute approximate surface area is 377 Å². The number of rotatable bonds is 8. The molecule has 2 aliphatic rings. The molecule has 9 aromatic rings. The second-order valence-corrected chi connectivity index (χ2v) is 15.7. The van der Waals surface area contributed by atoms with Crippen LogP contribution in [0.1, 0.15) is 6.92 Å². The molecule has 11 rings (SSSR count). The van der Waals surface area contributed by atoms with E-state index in [1.54, 1.807) is 28.8 Å². The summed E-state index contributed by atoms with van der Waals surface area (Å²) in [6, 6.07) is 45.4. The molecule has 2 aliphatic heterocycles. The van der Waals surface area contributed by atoms with Crippen LogP contribution in [0.5, 0.6) is 11.5 Å². The predicted molar refractivity (Wildman–Crippen MR) is 248 cm³/mol. The van der Waals surface area contributed by atoms with Crippen molar-refractivity contribution in [1.29, 1.82) is 0 Å². The van der Waals surface area contributed by atoms with Crippen molar-refractivity contribution in [3.8, 4) is 45.7 Å². The molecule has 0 aliphatic carbocycles. The number of nitrogens with zero attached hydrogens (tertiary/aromatic N) is 7. The summed E-state index contributed by atoms with van der Waals surface area (Å²) in [5.74, 6) is 3.41. The van der Waals surface area contributed by atoms with Gasteiger partial charge in [-0.25, -0.2) is 15.0 Å². The molecule has 3 N–H and O–H groups in total. The maximum absolute atomic E-state index is 11.3. The van der Waals surface area contributed by atoms with Crippen LogP contribution in [0.2, 0.25) is 0 Å². The summed E-state index contributed by atoms with van der Waals surface area (Å²) in [6.45, 7) is 2.48. The van der Waals surface area contributed by atoms with E-state index >= 15 is 0 Å². The number of hydrogen-bond acceptors (Lipinski definition) is 12. The van der Waals surface area contributed by atoms with Gasteiger partial charge in [-0.3, -0.25) is 14.9 Å². The van der Waals surface area contributed by atoms with Crippen LogP contribution >= 0.6 is 0 Å². The molecule has 16 nitrogen and oxygen atoms in total. The van der Waals surface area contributed by atoms with Gasteiger partial charge in [-0.1, -0.05) is 72.8 Å². The number of fused-ring (bicyclic) bond motifs is 11. The van der Waals surface area contributed by atoms with Crippen molar-refractivity contribution in [3.05, 3.63) is 156 Å². The van der Waals surface area contributed by atoms with Crippen molar-refractivity contribution in [3.63, 3.8) is 0 Å². The lowest BCUT2D eigenvalue weighted by atomic mass is 10.1. The summed E-state index contributed by atoms with van der Waals surface area (Å²) < 4.78 is 23.1. The lowest BCUT2D eigenvalue weighted by Gasteiger charge is -2.17. The molecular weight excluding hydrogens is 843 g/mol. The first kappa shape index (κ1) is 43.3. The Hall–Kier alpha value is -7.92. The van der Waals surface area contributed by atoms with E-state index in [0.717, 1.165) is 61.9 Å². The molecule has 3 atom stereocenters. The van der Waals surface area contributed by atoms with Crippen LogP contribution in [0.15, 0.2) is 146 Å². The fourth-order valence-corrected chi connectivity index (χ4v) is 8.23. The highest BCUT2D eigenvalue weighted by Gasteiger charge is 2.27. The van der Waals surface area contributed by atoms with E-state index in [2.05, 4.69) is 14.1 Å². The topological polar surface area (TPSA) is 202 Å². The van der Waals surface area contributed by atoms with Gasteiger partial charge in [-0.15, -0.1) is 0 Å². The van der Waals surface area contributed by atoms with Gasteiger partial charge in [0.05, 0.1) is 93.7 Å². The lowest BCUT2D eigenvalue weighted by Crippen LogP contribution is -2.28. The third kappa shape index (κ3) is 8.80. The van der Waals surface area contributed by atoms with Crippen LogP contribution in [0.3, 0.4) is 0 Å². The molecule has 3 aromatic heterocycles. The van der Waals surface area contributed by atoms with Gasteiger partial charge in [0.15, 0.2) is 6.10 Å². The Balaban J connectivity index is 0.000000125. The van der Waals surface area contributed by atoms with E-state index in [4.69, 9.17) is 29.3 Å².